The van der Waals surface area contributed by atoms with E-state index in [9.17, 15) is 9.90 Å². The Hall–Kier alpha value is -0.610. The number of aliphatic hydroxyl groups excluding tert-OH is 2. The van der Waals surface area contributed by atoms with Gasteiger partial charge in [0.25, 0.3) is 0 Å². The highest BCUT2D eigenvalue weighted by Crippen LogP contribution is 2.07. The third kappa shape index (κ3) is 9.93. The fourth-order valence-corrected chi connectivity index (χ4v) is 1.35. The lowest BCUT2D eigenvalue weighted by Gasteiger charge is -2.09. The van der Waals surface area contributed by atoms with Crippen molar-refractivity contribution in [3.63, 3.8) is 0 Å². The summed E-state index contributed by atoms with van der Waals surface area (Å²) in [5.74, 6) is -0.317. The molecule has 4 heteroatoms. The maximum absolute atomic E-state index is 11.2. The van der Waals surface area contributed by atoms with Gasteiger partial charge in [0.2, 0.25) is 0 Å². The predicted molar refractivity (Wildman–Crippen MR) is 62.0 cm³/mol. The lowest BCUT2D eigenvalue weighted by Crippen LogP contribution is -2.16. The van der Waals surface area contributed by atoms with Crippen molar-refractivity contribution in [1.29, 1.82) is 0 Å². The van der Waals surface area contributed by atoms with Crippen LogP contribution in [0, 0.1) is 0 Å². The zero-order chi connectivity index (χ0) is 12.2. The summed E-state index contributed by atoms with van der Waals surface area (Å²) < 4.78 is 4.94. The molecule has 0 aromatic rings. The molecular weight excluding hydrogens is 208 g/mol. The Morgan fingerprint density at radius 3 is 2.62 bits per heavy atom. The quantitative estimate of drug-likeness (QED) is 0.444. The van der Waals surface area contributed by atoms with Gasteiger partial charge in [0.05, 0.1) is 19.1 Å². The smallest absolute Gasteiger partial charge is 0.308 e. The van der Waals surface area contributed by atoms with E-state index in [1.807, 2.05) is 6.92 Å². The van der Waals surface area contributed by atoms with Crippen molar-refractivity contribution in [2.24, 2.45) is 0 Å². The molecule has 0 spiro atoms. The predicted octanol–water partition coefficient (Wildman–Crippen LogP) is 1.63. The molecule has 1 unspecified atom stereocenters. The highest BCUT2D eigenvalue weighted by Gasteiger charge is 2.11. The summed E-state index contributed by atoms with van der Waals surface area (Å²) in [5.41, 5.74) is 0. The zero-order valence-electron chi connectivity index (χ0n) is 10.2. The van der Waals surface area contributed by atoms with Crippen LogP contribution in [0.2, 0.25) is 0 Å². The normalized spacial score (nSPS) is 12.4. The van der Waals surface area contributed by atoms with Crippen molar-refractivity contribution in [1.82, 2.24) is 0 Å². The number of carbonyl (C=O) groups excluding carboxylic acids is 1. The number of carbonyl (C=O) groups is 1. The molecule has 0 aromatic carbocycles. The van der Waals surface area contributed by atoms with Gasteiger partial charge in [0.1, 0.15) is 0 Å². The number of hydrogen-bond donors (Lipinski definition) is 2. The van der Waals surface area contributed by atoms with Crippen LogP contribution in [0.3, 0.4) is 0 Å². The Kier molecular flexibility index (Phi) is 10.5. The van der Waals surface area contributed by atoms with E-state index in [0.29, 0.717) is 13.0 Å². The van der Waals surface area contributed by atoms with Crippen LogP contribution in [-0.2, 0) is 9.53 Å². The monoisotopic (exact) mass is 232 g/mol. The van der Waals surface area contributed by atoms with Crippen LogP contribution in [0.15, 0.2) is 0 Å². The fourth-order valence-electron chi connectivity index (χ4n) is 1.35. The van der Waals surface area contributed by atoms with Crippen molar-refractivity contribution in [2.45, 2.75) is 58.0 Å². The van der Waals surface area contributed by atoms with Gasteiger partial charge in [-0.1, -0.05) is 26.2 Å². The molecule has 0 aromatic heterocycles. The molecule has 0 amide bonds. The second kappa shape index (κ2) is 10.9. The Morgan fingerprint density at radius 2 is 2.00 bits per heavy atom. The third-order valence-corrected chi connectivity index (χ3v) is 2.36. The van der Waals surface area contributed by atoms with Crippen LogP contribution in [0.5, 0.6) is 0 Å². The van der Waals surface area contributed by atoms with E-state index in [1.54, 1.807) is 0 Å². The first-order valence-electron chi connectivity index (χ1n) is 6.15. The van der Waals surface area contributed by atoms with Crippen LogP contribution >= 0.6 is 0 Å². The van der Waals surface area contributed by atoms with E-state index >= 15 is 0 Å². The van der Waals surface area contributed by atoms with Gasteiger partial charge in [-0.15, -0.1) is 0 Å². The number of esters is 1. The molecule has 0 aliphatic rings. The lowest BCUT2D eigenvalue weighted by molar-refractivity contribution is -0.146. The topological polar surface area (TPSA) is 66.8 Å². The molecule has 0 radical (unpaired) electrons. The Balaban J connectivity index is 3.39. The molecule has 1 atom stereocenters. The summed E-state index contributed by atoms with van der Waals surface area (Å²) in [6, 6.07) is 0. The molecule has 0 saturated heterocycles. The average molecular weight is 232 g/mol. The minimum absolute atomic E-state index is 0.0862. The van der Waals surface area contributed by atoms with Crippen LogP contribution in [0.1, 0.15) is 51.9 Å². The van der Waals surface area contributed by atoms with Crippen LogP contribution < -0.4 is 0 Å². The average Bonchev–Trinajstić information content (AvgIpc) is 2.25. The molecule has 16 heavy (non-hydrogen) atoms. The molecule has 0 saturated carbocycles. The molecule has 0 aliphatic heterocycles. The first-order chi connectivity index (χ1) is 7.70. The summed E-state index contributed by atoms with van der Waals surface area (Å²) in [7, 11) is 0. The zero-order valence-corrected chi connectivity index (χ0v) is 10.2. The van der Waals surface area contributed by atoms with Crippen molar-refractivity contribution >= 4 is 5.97 Å². The van der Waals surface area contributed by atoms with E-state index in [4.69, 9.17) is 9.84 Å². The fraction of sp³-hybridized carbons (Fsp3) is 0.917. The summed E-state index contributed by atoms with van der Waals surface area (Å²) in [5, 5.41) is 18.1. The summed E-state index contributed by atoms with van der Waals surface area (Å²) in [4.78, 5) is 11.2. The Labute approximate surface area is 97.6 Å². The molecule has 96 valence electrons. The van der Waals surface area contributed by atoms with Crippen molar-refractivity contribution in [3.05, 3.63) is 0 Å². The molecular formula is C12H24O4. The third-order valence-electron chi connectivity index (χ3n) is 2.36. The molecule has 0 bridgehead atoms. The number of rotatable bonds is 10. The van der Waals surface area contributed by atoms with Gasteiger partial charge in [-0.25, -0.2) is 0 Å². The lowest BCUT2D eigenvalue weighted by atomic mass is 10.1. The van der Waals surface area contributed by atoms with Gasteiger partial charge in [0, 0.05) is 6.61 Å². The van der Waals surface area contributed by atoms with Crippen LogP contribution in [0.25, 0.3) is 0 Å². The standard InChI is InChI=1S/C12H24O4/c1-2-3-9-16-12(15)10-11(14)7-5-4-6-8-13/h11,13-14H,2-10H2,1H3. The number of aliphatic hydroxyl groups is 2. The van der Waals surface area contributed by atoms with E-state index in [-0.39, 0.29) is 19.0 Å². The van der Waals surface area contributed by atoms with E-state index in [2.05, 4.69) is 0 Å². The van der Waals surface area contributed by atoms with Gasteiger partial charge in [0.15, 0.2) is 0 Å². The van der Waals surface area contributed by atoms with Crippen molar-refractivity contribution in [3.8, 4) is 0 Å². The van der Waals surface area contributed by atoms with E-state index in [0.717, 1.165) is 32.1 Å². The van der Waals surface area contributed by atoms with Crippen molar-refractivity contribution in [2.75, 3.05) is 13.2 Å². The first-order valence-corrected chi connectivity index (χ1v) is 6.15. The van der Waals surface area contributed by atoms with Crippen LogP contribution in [0.4, 0.5) is 0 Å². The molecule has 0 fully saturated rings. The van der Waals surface area contributed by atoms with Gasteiger partial charge >= 0.3 is 5.97 Å². The van der Waals surface area contributed by atoms with E-state index < -0.39 is 6.10 Å². The maximum Gasteiger partial charge on any atom is 0.308 e. The number of unbranched alkanes of at least 4 members (excludes halogenated alkanes) is 3. The highest BCUT2D eigenvalue weighted by atomic mass is 16.5. The van der Waals surface area contributed by atoms with Crippen LogP contribution in [-0.4, -0.2) is 35.5 Å². The SMILES string of the molecule is CCCCOC(=O)CC(O)CCCCCO. The number of hydrogen-bond acceptors (Lipinski definition) is 4. The van der Waals surface area contributed by atoms with Gasteiger partial charge in [-0.2, -0.15) is 0 Å². The van der Waals surface area contributed by atoms with E-state index in [1.165, 1.54) is 0 Å². The summed E-state index contributed by atoms with van der Waals surface area (Å²) in [6.07, 6.45) is 4.43. The second-order valence-electron chi connectivity index (χ2n) is 4.00. The van der Waals surface area contributed by atoms with Crippen molar-refractivity contribution < 1.29 is 19.7 Å². The Bertz CT molecular complexity index is 170. The Morgan fingerprint density at radius 1 is 1.25 bits per heavy atom. The molecule has 0 rings (SSSR count). The summed E-state index contributed by atoms with van der Waals surface area (Å²) in [6.45, 7) is 2.67. The first kappa shape index (κ1) is 15.4. The van der Waals surface area contributed by atoms with Gasteiger partial charge in [-0.05, 0) is 19.3 Å². The van der Waals surface area contributed by atoms with Gasteiger partial charge < -0.3 is 14.9 Å². The number of ether oxygens (including phenoxy) is 1. The molecule has 2 N–H and O–H groups in total. The molecule has 0 aliphatic carbocycles. The maximum atomic E-state index is 11.2. The van der Waals surface area contributed by atoms with Gasteiger partial charge in [-0.3, -0.25) is 4.79 Å². The highest BCUT2D eigenvalue weighted by molar-refractivity contribution is 5.69. The minimum atomic E-state index is -0.604. The largest absolute Gasteiger partial charge is 0.466 e. The summed E-state index contributed by atoms with van der Waals surface area (Å²) >= 11 is 0. The minimum Gasteiger partial charge on any atom is -0.466 e. The molecule has 0 heterocycles. The molecule has 4 nitrogen and oxygen atoms in total. The second-order valence-corrected chi connectivity index (χ2v) is 4.00.